The lowest BCUT2D eigenvalue weighted by Crippen LogP contribution is -2.24. The predicted molar refractivity (Wildman–Crippen MR) is 56.9 cm³/mol. The minimum absolute atomic E-state index is 0.323. The van der Waals surface area contributed by atoms with Crippen molar-refractivity contribution in [3.63, 3.8) is 0 Å². The molecule has 2 rings (SSSR count). The van der Waals surface area contributed by atoms with Gasteiger partial charge in [0.2, 0.25) is 0 Å². The predicted octanol–water partition coefficient (Wildman–Crippen LogP) is 1.14. The maximum atomic E-state index is 11.4. The highest BCUT2D eigenvalue weighted by molar-refractivity contribution is 5.77. The zero-order chi connectivity index (χ0) is 10.8. The monoisotopic (exact) mass is 203 g/mol. The maximum absolute atomic E-state index is 11.4. The van der Waals surface area contributed by atoms with Gasteiger partial charge in [0.15, 0.2) is 0 Å². The minimum atomic E-state index is -0.654. The summed E-state index contributed by atoms with van der Waals surface area (Å²) in [6.45, 7) is 3.87. The topological polar surface area (TPSA) is 52.2 Å². The molecule has 0 aliphatic carbocycles. The van der Waals surface area contributed by atoms with E-state index in [-0.39, 0.29) is 0 Å². The van der Waals surface area contributed by atoms with E-state index in [0.29, 0.717) is 17.4 Å². The molecule has 0 radical (unpaired) electrons. The number of allylic oxidation sites excluding steroid dienone is 1. The van der Waals surface area contributed by atoms with E-state index in [4.69, 9.17) is 0 Å². The Kier molecular flexibility index (Phi) is 2.25. The van der Waals surface area contributed by atoms with Crippen molar-refractivity contribution in [1.82, 2.24) is 4.57 Å². The summed E-state index contributed by atoms with van der Waals surface area (Å²) >= 11 is 0. The van der Waals surface area contributed by atoms with Crippen LogP contribution in [0.2, 0.25) is 0 Å². The standard InChI is InChI=1S/C11H9NO3/c1-2-7-12-9-6-4-3-5-8(9)10(13)15-11(12)14/h2-6H,1,7H2. The van der Waals surface area contributed by atoms with Crippen LogP contribution in [0.3, 0.4) is 0 Å². The SMILES string of the molecule is C=CCn1c(=O)oc(=O)c2ccccc21. The van der Waals surface area contributed by atoms with Crippen LogP contribution >= 0.6 is 0 Å². The van der Waals surface area contributed by atoms with Crippen molar-refractivity contribution < 1.29 is 4.42 Å². The van der Waals surface area contributed by atoms with Crippen LogP contribution in [-0.2, 0) is 6.54 Å². The minimum Gasteiger partial charge on any atom is -0.372 e. The van der Waals surface area contributed by atoms with E-state index in [2.05, 4.69) is 11.0 Å². The van der Waals surface area contributed by atoms with Crippen molar-refractivity contribution in [2.45, 2.75) is 6.54 Å². The Morgan fingerprint density at radius 2 is 2.07 bits per heavy atom. The van der Waals surface area contributed by atoms with Crippen molar-refractivity contribution in [1.29, 1.82) is 0 Å². The molecule has 1 heterocycles. The Morgan fingerprint density at radius 1 is 1.33 bits per heavy atom. The molecule has 0 amide bonds. The normalized spacial score (nSPS) is 10.4. The fourth-order valence-corrected chi connectivity index (χ4v) is 1.47. The first-order valence-corrected chi connectivity index (χ1v) is 4.47. The molecular formula is C11H9NO3. The van der Waals surface area contributed by atoms with Gasteiger partial charge in [-0.2, -0.15) is 0 Å². The lowest BCUT2D eigenvalue weighted by atomic mass is 10.2. The maximum Gasteiger partial charge on any atom is 0.422 e. The van der Waals surface area contributed by atoms with Crippen LogP contribution in [-0.4, -0.2) is 4.57 Å². The Hall–Kier alpha value is -2.10. The third-order valence-electron chi connectivity index (χ3n) is 2.13. The van der Waals surface area contributed by atoms with Gasteiger partial charge >= 0.3 is 11.4 Å². The molecule has 0 bridgehead atoms. The number of para-hydroxylation sites is 1. The molecule has 0 N–H and O–H groups in total. The fraction of sp³-hybridized carbons (Fsp3) is 0.0909. The Balaban J connectivity index is 2.96. The van der Waals surface area contributed by atoms with Gasteiger partial charge in [-0.3, -0.25) is 4.57 Å². The van der Waals surface area contributed by atoms with E-state index < -0.39 is 11.4 Å². The molecular weight excluding hydrogens is 194 g/mol. The number of rotatable bonds is 2. The van der Waals surface area contributed by atoms with E-state index in [1.807, 2.05) is 0 Å². The van der Waals surface area contributed by atoms with Gasteiger partial charge in [-0.1, -0.05) is 18.2 Å². The highest BCUT2D eigenvalue weighted by Gasteiger charge is 2.06. The first-order chi connectivity index (χ1) is 7.24. The largest absolute Gasteiger partial charge is 0.422 e. The number of hydrogen-bond acceptors (Lipinski definition) is 3. The van der Waals surface area contributed by atoms with Crippen molar-refractivity contribution in [2.75, 3.05) is 0 Å². The summed E-state index contributed by atoms with van der Waals surface area (Å²) in [7, 11) is 0. The van der Waals surface area contributed by atoms with Crippen LogP contribution in [0.1, 0.15) is 0 Å². The zero-order valence-corrected chi connectivity index (χ0v) is 7.97. The Bertz CT molecular complexity index is 622. The van der Waals surface area contributed by atoms with Gasteiger partial charge in [0.05, 0.1) is 10.9 Å². The molecule has 1 aromatic carbocycles. The second-order valence-corrected chi connectivity index (χ2v) is 3.07. The molecule has 0 unspecified atom stereocenters. The van der Waals surface area contributed by atoms with Crippen molar-refractivity contribution in [3.8, 4) is 0 Å². The smallest absolute Gasteiger partial charge is 0.372 e. The van der Waals surface area contributed by atoms with Crippen LogP contribution in [0.4, 0.5) is 0 Å². The summed E-state index contributed by atoms with van der Waals surface area (Å²) in [5, 5.41) is 0.402. The quantitative estimate of drug-likeness (QED) is 0.688. The van der Waals surface area contributed by atoms with Crippen molar-refractivity contribution in [2.24, 2.45) is 0 Å². The van der Waals surface area contributed by atoms with Crippen LogP contribution in [0, 0.1) is 0 Å². The van der Waals surface area contributed by atoms with E-state index >= 15 is 0 Å². The molecule has 76 valence electrons. The molecule has 0 fully saturated rings. The van der Waals surface area contributed by atoms with E-state index in [1.54, 1.807) is 30.3 Å². The number of nitrogens with zero attached hydrogens (tertiary/aromatic N) is 1. The fourth-order valence-electron chi connectivity index (χ4n) is 1.47. The average Bonchev–Trinajstić information content (AvgIpc) is 2.24. The van der Waals surface area contributed by atoms with Crippen LogP contribution in [0.5, 0.6) is 0 Å². The summed E-state index contributed by atoms with van der Waals surface area (Å²) in [6.07, 6.45) is 1.58. The summed E-state index contributed by atoms with van der Waals surface area (Å²) in [4.78, 5) is 22.7. The molecule has 4 heteroatoms. The van der Waals surface area contributed by atoms with Crippen LogP contribution in [0.25, 0.3) is 10.9 Å². The molecule has 1 aromatic heterocycles. The molecule has 15 heavy (non-hydrogen) atoms. The number of fused-ring (bicyclic) bond motifs is 1. The first-order valence-electron chi connectivity index (χ1n) is 4.47. The molecule has 0 saturated heterocycles. The third kappa shape index (κ3) is 1.50. The molecule has 0 spiro atoms. The molecule has 0 atom stereocenters. The Labute approximate surface area is 85.1 Å². The number of benzene rings is 1. The number of aromatic nitrogens is 1. The van der Waals surface area contributed by atoms with E-state index in [0.717, 1.165) is 0 Å². The van der Waals surface area contributed by atoms with Crippen molar-refractivity contribution >= 4 is 10.9 Å². The molecule has 0 saturated carbocycles. The van der Waals surface area contributed by atoms with Gasteiger partial charge in [-0.25, -0.2) is 9.59 Å². The summed E-state index contributed by atoms with van der Waals surface area (Å²) in [5.41, 5.74) is -0.0328. The van der Waals surface area contributed by atoms with Gasteiger partial charge in [0.1, 0.15) is 0 Å². The second-order valence-electron chi connectivity index (χ2n) is 3.07. The lowest BCUT2D eigenvalue weighted by molar-refractivity contribution is 0.426. The molecule has 0 aliphatic rings. The summed E-state index contributed by atoms with van der Waals surface area (Å²) in [6, 6.07) is 6.82. The third-order valence-corrected chi connectivity index (χ3v) is 2.13. The van der Waals surface area contributed by atoms with Gasteiger partial charge in [-0.15, -0.1) is 6.58 Å². The van der Waals surface area contributed by atoms with Gasteiger partial charge in [-0.05, 0) is 12.1 Å². The highest BCUT2D eigenvalue weighted by Crippen LogP contribution is 2.06. The Morgan fingerprint density at radius 3 is 2.80 bits per heavy atom. The van der Waals surface area contributed by atoms with E-state index in [1.165, 1.54) is 4.57 Å². The zero-order valence-electron chi connectivity index (χ0n) is 7.97. The lowest BCUT2D eigenvalue weighted by Gasteiger charge is -2.04. The van der Waals surface area contributed by atoms with Gasteiger partial charge in [0.25, 0.3) is 0 Å². The van der Waals surface area contributed by atoms with Crippen LogP contribution < -0.4 is 11.4 Å². The molecule has 4 nitrogen and oxygen atoms in total. The average molecular weight is 203 g/mol. The van der Waals surface area contributed by atoms with Crippen LogP contribution in [0.15, 0.2) is 50.9 Å². The molecule has 2 aromatic rings. The van der Waals surface area contributed by atoms with E-state index in [9.17, 15) is 9.59 Å². The number of hydrogen-bond donors (Lipinski definition) is 0. The van der Waals surface area contributed by atoms with Crippen molar-refractivity contribution in [3.05, 3.63) is 57.9 Å². The first kappa shape index (κ1) is 9.45. The highest BCUT2D eigenvalue weighted by atomic mass is 16.4. The van der Waals surface area contributed by atoms with Gasteiger partial charge in [0, 0.05) is 6.54 Å². The summed E-state index contributed by atoms with van der Waals surface area (Å²) in [5.74, 6) is -0.654. The van der Waals surface area contributed by atoms with Gasteiger partial charge < -0.3 is 4.42 Å². The summed E-state index contributed by atoms with van der Waals surface area (Å²) < 4.78 is 5.94. The second kappa shape index (κ2) is 3.57. The molecule has 0 aliphatic heterocycles.